The van der Waals surface area contributed by atoms with E-state index in [4.69, 9.17) is 0 Å². The minimum absolute atomic E-state index is 0. The minimum atomic E-state index is -0.0148. The van der Waals surface area contributed by atoms with Crippen LogP contribution in [0.3, 0.4) is 0 Å². The first kappa shape index (κ1) is 19.0. The second-order valence-electron chi connectivity index (χ2n) is 4.79. The first-order chi connectivity index (χ1) is 8.66. The lowest BCUT2D eigenvalue weighted by Gasteiger charge is -2.13. The van der Waals surface area contributed by atoms with E-state index in [9.17, 15) is 4.79 Å². The number of halogens is 2. The maximum atomic E-state index is 11.8. The van der Waals surface area contributed by atoms with E-state index >= 15 is 0 Å². The quantitative estimate of drug-likeness (QED) is 0.879. The van der Waals surface area contributed by atoms with Crippen LogP contribution in [0.5, 0.6) is 0 Å². The SMILES string of the molecule is CN(C)c1ccc(CNC(=O)C2CCCN2)cn1.Cl.Cl. The fourth-order valence-electron chi connectivity index (χ4n) is 2.01. The molecular weight excluding hydrogens is 299 g/mol. The van der Waals surface area contributed by atoms with Crippen LogP contribution in [0.15, 0.2) is 18.3 Å². The molecular formula is C13H22Cl2N4O. The van der Waals surface area contributed by atoms with Crippen LogP contribution in [0.25, 0.3) is 0 Å². The van der Waals surface area contributed by atoms with E-state index in [0.717, 1.165) is 30.8 Å². The van der Waals surface area contributed by atoms with E-state index in [-0.39, 0.29) is 36.8 Å². The maximum absolute atomic E-state index is 11.8. The molecule has 0 radical (unpaired) electrons. The van der Waals surface area contributed by atoms with Crippen LogP contribution < -0.4 is 15.5 Å². The van der Waals surface area contributed by atoms with Crippen LogP contribution in [0.4, 0.5) is 5.82 Å². The van der Waals surface area contributed by atoms with E-state index in [1.165, 1.54) is 0 Å². The molecule has 2 heterocycles. The summed E-state index contributed by atoms with van der Waals surface area (Å²) in [4.78, 5) is 18.1. The fraction of sp³-hybridized carbons (Fsp3) is 0.538. The second-order valence-corrected chi connectivity index (χ2v) is 4.79. The lowest BCUT2D eigenvalue weighted by Crippen LogP contribution is -2.40. The molecule has 0 aromatic carbocycles. The zero-order valence-corrected chi connectivity index (χ0v) is 13.4. The monoisotopic (exact) mass is 320 g/mol. The number of carbonyl (C=O) groups excluding carboxylic acids is 1. The highest BCUT2D eigenvalue weighted by molar-refractivity contribution is 5.85. The standard InChI is InChI=1S/C13H20N4O.2ClH/c1-17(2)12-6-5-10(8-15-12)9-16-13(18)11-4-3-7-14-11;;/h5-6,8,11,14H,3-4,7,9H2,1-2H3,(H,16,18);2*1H. The van der Waals surface area contributed by atoms with Gasteiger partial charge in [0.05, 0.1) is 6.04 Å². The Labute approximate surface area is 132 Å². The van der Waals surface area contributed by atoms with Crippen LogP contribution in [-0.2, 0) is 11.3 Å². The lowest BCUT2D eigenvalue weighted by atomic mass is 10.2. The topological polar surface area (TPSA) is 57.3 Å². The number of amides is 1. The molecule has 1 aliphatic rings. The fourth-order valence-corrected chi connectivity index (χ4v) is 2.01. The number of hydrogen-bond donors (Lipinski definition) is 2. The number of nitrogens with one attached hydrogen (secondary N) is 2. The Morgan fingerprint density at radius 3 is 2.70 bits per heavy atom. The Hall–Kier alpha value is -1.04. The molecule has 20 heavy (non-hydrogen) atoms. The van der Waals surface area contributed by atoms with Gasteiger partial charge in [0.1, 0.15) is 5.82 Å². The van der Waals surface area contributed by atoms with Gasteiger partial charge in [-0.1, -0.05) is 6.07 Å². The highest BCUT2D eigenvalue weighted by atomic mass is 35.5. The van der Waals surface area contributed by atoms with Gasteiger partial charge in [-0.3, -0.25) is 4.79 Å². The number of rotatable bonds is 4. The van der Waals surface area contributed by atoms with Crippen LogP contribution in [0, 0.1) is 0 Å². The van der Waals surface area contributed by atoms with E-state index < -0.39 is 0 Å². The third-order valence-electron chi connectivity index (χ3n) is 3.11. The van der Waals surface area contributed by atoms with Crippen LogP contribution >= 0.6 is 24.8 Å². The zero-order valence-electron chi connectivity index (χ0n) is 11.8. The van der Waals surface area contributed by atoms with Crippen molar-refractivity contribution < 1.29 is 4.79 Å². The predicted molar refractivity (Wildman–Crippen MR) is 85.9 cm³/mol. The molecule has 1 aromatic heterocycles. The molecule has 1 aliphatic heterocycles. The lowest BCUT2D eigenvalue weighted by molar-refractivity contribution is -0.122. The molecule has 0 saturated carbocycles. The van der Waals surface area contributed by atoms with Crippen molar-refractivity contribution in [1.29, 1.82) is 0 Å². The largest absolute Gasteiger partial charge is 0.363 e. The van der Waals surface area contributed by atoms with E-state index in [2.05, 4.69) is 15.6 Å². The average molecular weight is 321 g/mol. The summed E-state index contributed by atoms with van der Waals surface area (Å²) in [6.07, 6.45) is 3.82. The molecule has 2 rings (SSSR count). The van der Waals surface area contributed by atoms with Gasteiger partial charge in [-0.15, -0.1) is 24.8 Å². The Kier molecular flexibility index (Phi) is 8.53. The first-order valence-electron chi connectivity index (χ1n) is 6.30. The van der Waals surface area contributed by atoms with Crippen LogP contribution in [0.1, 0.15) is 18.4 Å². The average Bonchev–Trinajstić information content (AvgIpc) is 2.90. The molecule has 1 amide bonds. The maximum Gasteiger partial charge on any atom is 0.237 e. The van der Waals surface area contributed by atoms with Gasteiger partial charge in [0.15, 0.2) is 0 Å². The highest BCUT2D eigenvalue weighted by Gasteiger charge is 2.21. The predicted octanol–water partition coefficient (Wildman–Crippen LogP) is 1.36. The van der Waals surface area contributed by atoms with Gasteiger partial charge in [-0.2, -0.15) is 0 Å². The van der Waals surface area contributed by atoms with E-state index in [0.29, 0.717) is 6.54 Å². The number of carbonyl (C=O) groups is 1. The first-order valence-corrected chi connectivity index (χ1v) is 6.30. The molecule has 1 unspecified atom stereocenters. The summed E-state index contributed by atoms with van der Waals surface area (Å²) in [5, 5.41) is 6.12. The molecule has 1 atom stereocenters. The number of aromatic nitrogens is 1. The Bertz CT molecular complexity index is 405. The van der Waals surface area contributed by atoms with E-state index in [1.807, 2.05) is 31.1 Å². The van der Waals surface area contributed by atoms with Crippen molar-refractivity contribution in [1.82, 2.24) is 15.6 Å². The van der Waals surface area contributed by atoms with Gasteiger partial charge in [0.25, 0.3) is 0 Å². The number of nitrogens with zero attached hydrogens (tertiary/aromatic N) is 2. The van der Waals surface area contributed by atoms with Crippen molar-refractivity contribution in [2.45, 2.75) is 25.4 Å². The molecule has 1 saturated heterocycles. The Morgan fingerprint density at radius 2 is 2.20 bits per heavy atom. The van der Waals surface area contributed by atoms with Crippen LogP contribution in [0.2, 0.25) is 0 Å². The van der Waals surface area contributed by atoms with Crippen molar-refractivity contribution in [2.75, 3.05) is 25.5 Å². The molecule has 0 spiro atoms. The minimum Gasteiger partial charge on any atom is -0.363 e. The summed E-state index contributed by atoms with van der Waals surface area (Å²) in [5.74, 6) is 1.01. The van der Waals surface area contributed by atoms with Gasteiger partial charge >= 0.3 is 0 Å². The van der Waals surface area contributed by atoms with Crippen molar-refractivity contribution in [3.63, 3.8) is 0 Å². The third kappa shape index (κ3) is 5.15. The molecule has 2 N–H and O–H groups in total. The Morgan fingerprint density at radius 1 is 1.45 bits per heavy atom. The van der Waals surface area contributed by atoms with Gasteiger partial charge in [-0.05, 0) is 31.0 Å². The molecule has 7 heteroatoms. The molecule has 0 bridgehead atoms. The summed E-state index contributed by atoms with van der Waals surface area (Å²) in [6, 6.07) is 3.93. The van der Waals surface area contributed by atoms with E-state index in [1.54, 1.807) is 6.20 Å². The number of anilines is 1. The van der Waals surface area contributed by atoms with Crippen molar-refractivity contribution in [3.8, 4) is 0 Å². The van der Waals surface area contributed by atoms with Crippen molar-refractivity contribution >= 4 is 36.5 Å². The normalized spacial score (nSPS) is 16.8. The molecule has 0 aliphatic carbocycles. The van der Waals surface area contributed by atoms with Crippen LogP contribution in [-0.4, -0.2) is 37.6 Å². The van der Waals surface area contributed by atoms with Crippen molar-refractivity contribution in [2.24, 2.45) is 0 Å². The summed E-state index contributed by atoms with van der Waals surface area (Å²) in [5.41, 5.74) is 1.02. The summed E-state index contributed by atoms with van der Waals surface area (Å²) < 4.78 is 0. The number of hydrogen-bond acceptors (Lipinski definition) is 4. The summed E-state index contributed by atoms with van der Waals surface area (Å²) in [7, 11) is 3.91. The van der Waals surface area contributed by atoms with Crippen molar-refractivity contribution in [3.05, 3.63) is 23.9 Å². The highest BCUT2D eigenvalue weighted by Crippen LogP contribution is 2.08. The molecule has 1 aromatic rings. The number of pyridine rings is 1. The third-order valence-corrected chi connectivity index (χ3v) is 3.11. The summed E-state index contributed by atoms with van der Waals surface area (Å²) in [6.45, 7) is 1.48. The second kappa shape index (κ2) is 9.00. The van der Waals surface area contributed by atoms with Gasteiger partial charge < -0.3 is 15.5 Å². The van der Waals surface area contributed by atoms with Gasteiger partial charge in [-0.25, -0.2) is 4.98 Å². The zero-order chi connectivity index (χ0) is 13.0. The molecule has 1 fully saturated rings. The summed E-state index contributed by atoms with van der Waals surface area (Å²) >= 11 is 0. The van der Waals surface area contributed by atoms with Gasteiger partial charge in [0.2, 0.25) is 5.91 Å². The molecule has 114 valence electrons. The smallest absolute Gasteiger partial charge is 0.237 e. The Balaban J connectivity index is 0.00000180. The molecule has 5 nitrogen and oxygen atoms in total. The van der Waals surface area contributed by atoms with Gasteiger partial charge in [0, 0.05) is 26.8 Å².